The third-order valence-electron chi connectivity index (χ3n) is 10.5. The van der Waals surface area contributed by atoms with Gasteiger partial charge in [-0.05, 0) is 136 Å². The molecular formula is C40H48N6O3. The molecule has 1 saturated carbocycles. The molecule has 1 aliphatic carbocycles. The summed E-state index contributed by atoms with van der Waals surface area (Å²) in [6, 6.07) is 21.7. The molecule has 1 atom stereocenters. The molecule has 0 spiro atoms. The fraction of sp³-hybridized carbons (Fsp3) is 0.425. The first-order valence-electron chi connectivity index (χ1n) is 17.8. The van der Waals surface area contributed by atoms with Gasteiger partial charge < -0.3 is 16.4 Å². The number of nitrogens with zero attached hydrogens (tertiary/aromatic N) is 2. The van der Waals surface area contributed by atoms with Crippen molar-refractivity contribution in [1.29, 1.82) is 0 Å². The number of ketones is 2. The van der Waals surface area contributed by atoms with Crippen molar-refractivity contribution >= 4 is 23.2 Å². The molecule has 1 amide bonds. The summed E-state index contributed by atoms with van der Waals surface area (Å²) in [5, 5.41) is 13.2. The van der Waals surface area contributed by atoms with Gasteiger partial charge in [-0.15, -0.1) is 0 Å². The average Bonchev–Trinajstić information content (AvgIpc) is 3.68. The third-order valence-corrected chi connectivity index (χ3v) is 10.5. The van der Waals surface area contributed by atoms with E-state index in [0.717, 1.165) is 85.0 Å². The fourth-order valence-electron chi connectivity index (χ4n) is 7.42. The summed E-state index contributed by atoms with van der Waals surface area (Å²) in [6.07, 6.45) is 8.45. The normalized spacial score (nSPS) is 18.9. The van der Waals surface area contributed by atoms with Crippen LogP contribution in [0, 0.1) is 30.6 Å². The summed E-state index contributed by atoms with van der Waals surface area (Å²) >= 11 is 0. The van der Waals surface area contributed by atoms with Crippen LogP contribution in [0.4, 0.5) is 5.69 Å². The molecule has 1 aromatic heterocycles. The lowest BCUT2D eigenvalue weighted by Crippen LogP contribution is -2.31. The zero-order valence-corrected chi connectivity index (χ0v) is 28.4. The van der Waals surface area contributed by atoms with Gasteiger partial charge in [0.05, 0.1) is 0 Å². The van der Waals surface area contributed by atoms with Crippen LogP contribution in [0.1, 0.15) is 72.9 Å². The maximum absolute atomic E-state index is 13.8. The van der Waals surface area contributed by atoms with E-state index in [4.69, 9.17) is 5.73 Å². The Balaban J connectivity index is 1.14. The van der Waals surface area contributed by atoms with Gasteiger partial charge in [0.25, 0.3) is 0 Å². The van der Waals surface area contributed by atoms with E-state index in [1.54, 1.807) is 0 Å². The van der Waals surface area contributed by atoms with Gasteiger partial charge in [-0.1, -0.05) is 36.4 Å². The highest BCUT2D eigenvalue weighted by molar-refractivity contribution is 5.97. The maximum Gasteiger partial charge on any atom is 0.228 e. The van der Waals surface area contributed by atoms with Gasteiger partial charge in [-0.2, -0.15) is 5.10 Å². The number of nitrogens with one attached hydrogen (secondary N) is 3. The zero-order chi connectivity index (χ0) is 34.2. The van der Waals surface area contributed by atoms with Gasteiger partial charge in [-0.3, -0.25) is 19.5 Å². The SMILES string of the molecule is Cc1cc(C(=O)CC2CCNCC2)ccc1-c1ccc(C[C@H](CC(=O)C2CCC(CN)CC2)C(=O)Nc2ccc(-c3ncn[nH]3)cc2)cc1. The second-order valence-corrected chi connectivity index (χ2v) is 14.0. The van der Waals surface area contributed by atoms with E-state index in [9.17, 15) is 14.4 Å². The van der Waals surface area contributed by atoms with Crippen LogP contribution in [0.15, 0.2) is 73.1 Å². The predicted octanol–water partition coefficient (Wildman–Crippen LogP) is 6.54. The number of aromatic nitrogens is 3. The zero-order valence-electron chi connectivity index (χ0n) is 28.4. The minimum absolute atomic E-state index is 0.0147. The Kier molecular flexibility index (Phi) is 11.4. The molecule has 49 heavy (non-hydrogen) atoms. The molecule has 0 unspecified atom stereocenters. The first kappa shape index (κ1) is 34.4. The average molecular weight is 661 g/mol. The highest BCUT2D eigenvalue weighted by Crippen LogP contribution is 2.32. The summed E-state index contributed by atoms with van der Waals surface area (Å²) in [7, 11) is 0. The Morgan fingerprint density at radius 2 is 1.59 bits per heavy atom. The second-order valence-electron chi connectivity index (χ2n) is 14.0. The minimum atomic E-state index is -0.508. The molecule has 5 N–H and O–H groups in total. The van der Waals surface area contributed by atoms with Crippen LogP contribution in [0.25, 0.3) is 22.5 Å². The van der Waals surface area contributed by atoms with Crippen molar-refractivity contribution in [3.05, 3.63) is 89.7 Å². The van der Waals surface area contributed by atoms with E-state index >= 15 is 0 Å². The lowest BCUT2D eigenvalue weighted by atomic mass is 9.77. The summed E-state index contributed by atoms with van der Waals surface area (Å²) in [5.74, 6) is 1.29. The summed E-state index contributed by atoms with van der Waals surface area (Å²) in [6.45, 7) is 4.69. The van der Waals surface area contributed by atoms with Crippen LogP contribution in [0.5, 0.6) is 0 Å². The molecule has 2 aliphatic rings. The molecule has 0 radical (unpaired) electrons. The van der Waals surface area contributed by atoms with Gasteiger partial charge in [-0.25, -0.2) is 4.98 Å². The molecule has 1 saturated heterocycles. The molecule has 4 aromatic rings. The number of hydrogen-bond acceptors (Lipinski definition) is 7. The highest BCUT2D eigenvalue weighted by atomic mass is 16.2. The quantitative estimate of drug-likeness (QED) is 0.119. The van der Waals surface area contributed by atoms with Gasteiger partial charge in [0, 0.05) is 41.5 Å². The van der Waals surface area contributed by atoms with Crippen molar-refractivity contribution in [3.63, 3.8) is 0 Å². The van der Waals surface area contributed by atoms with Gasteiger partial charge in [0.1, 0.15) is 12.1 Å². The number of Topliss-reactive ketones (excluding diaryl/α,β-unsaturated/α-hetero) is 2. The van der Waals surface area contributed by atoms with E-state index in [0.29, 0.717) is 42.7 Å². The Morgan fingerprint density at radius 3 is 2.24 bits per heavy atom. The Hall–Kier alpha value is -4.47. The van der Waals surface area contributed by atoms with Crippen molar-refractivity contribution in [2.45, 2.75) is 64.7 Å². The number of amides is 1. The van der Waals surface area contributed by atoms with Gasteiger partial charge >= 0.3 is 0 Å². The molecule has 256 valence electrons. The summed E-state index contributed by atoms with van der Waals surface area (Å²) < 4.78 is 0. The van der Waals surface area contributed by atoms with Crippen molar-refractivity contribution in [3.8, 4) is 22.5 Å². The minimum Gasteiger partial charge on any atom is -0.330 e. The van der Waals surface area contributed by atoms with Crippen LogP contribution in [-0.2, 0) is 16.0 Å². The smallest absolute Gasteiger partial charge is 0.228 e. The van der Waals surface area contributed by atoms with Crippen LogP contribution in [0.2, 0.25) is 0 Å². The van der Waals surface area contributed by atoms with E-state index in [1.807, 2.05) is 54.6 Å². The Labute approximate surface area is 288 Å². The van der Waals surface area contributed by atoms with Crippen LogP contribution < -0.4 is 16.4 Å². The number of aromatic amines is 1. The van der Waals surface area contributed by atoms with Crippen molar-refractivity contribution in [1.82, 2.24) is 20.5 Å². The van der Waals surface area contributed by atoms with Crippen molar-refractivity contribution in [2.75, 3.05) is 25.0 Å². The number of carbonyl (C=O) groups is 3. The van der Waals surface area contributed by atoms with E-state index in [-0.39, 0.29) is 29.8 Å². The molecule has 9 nitrogen and oxygen atoms in total. The number of benzene rings is 3. The highest BCUT2D eigenvalue weighted by Gasteiger charge is 2.30. The molecular weight excluding hydrogens is 612 g/mol. The lowest BCUT2D eigenvalue weighted by Gasteiger charge is -2.27. The summed E-state index contributed by atoms with van der Waals surface area (Å²) in [4.78, 5) is 44.5. The molecule has 1 aliphatic heterocycles. The van der Waals surface area contributed by atoms with Gasteiger partial charge in [0.15, 0.2) is 11.6 Å². The van der Waals surface area contributed by atoms with E-state index in [1.165, 1.54) is 6.33 Å². The topological polar surface area (TPSA) is 143 Å². The van der Waals surface area contributed by atoms with Crippen molar-refractivity contribution in [2.24, 2.45) is 29.4 Å². The first-order chi connectivity index (χ1) is 23.9. The molecule has 3 aromatic carbocycles. The monoisotopic (exact) mass is 660 g/mol. The largest absolute Gasteiger partial charge is 0.330 e. The number of H-pyrrole nitrogens is 1. The van der Waals surface area contributed by atoms with Crippen LogP contribution >= 0.6 is 0 Å². The number of carbonyl (C=O) groups excluding carboxylic acids is 3. The number of hydrogen-bond donors (Lipinski definition) is 4. The third kappa shape index (κ3) is 8.96. The maximum atomic E-state index is 13.8. The molecule has 0 bridgehead atoms. The first-order valence-corrected chi connectivity index (χ1v) is 17.8. The molecule has 9 heteroatoms. The number of nitrogens with two attached hydrogens (primary N) is 1. The predicted molar refractivity (Wildman–Crippen MR) is 193 cm³/mol. The van der Waals surface area contributed by atoms with Crippen molar-refractivity contribution < 1.29 is 14.4 Å². The fourth-order valence-corrected chi connectivity index (χ4v) is 7.42. The van der Waals surface area contributed by atoms with E-state index in [2.05, 4.69) is 44.9 Å². The second kappa shape index (κ2) is 16.3. The number of piperidine rings is 1. The number of anilines is 1. The molecule has 2 heterocycles. The standard InChI is InChI=1S/C40H48N6O3/c1-26-20-33(37(47)22-28-16-18-42-19-17-28)12-15-36(26)30-6-2-27(3-7-30)21-34(23-38(48)31-8-4-29(24-41)5-9-31)40(49)45-35-13-10-32(11-14-35)39-43-25-44-46-39/h2-3,6-7,10-15,20,25,28-29,31,34,42H,4-5,8-9,16-19,21-24,41H2,1H3,(H,45,49)(H,43,44,46)/t29?,31?,34-/m1/s1. The number of aryl methyl sites for hydroxylation is 1. The van der Waals surface area contributed by atoms with E-state index < -0.39 is 5.92 Å². The van der Waals surface area contributed by atoms with Crippen LogP contribution in [-0.4, -0.2) is 52.3 Å². The Morgan fingerprint density at radius 1 is 0.878 bits per heavy atom. The lowest BCUT2D eigenvalue weighted by molar-refractivity contribution is -0.129. The Bertz CT molecular complexity index is 1700. The molecule has 2 fully saturated rings. The number of rotatable bonds is 13. The van der Waals surface area contributed by atoms with Crippen LogP contribution in [0.3, 0.4) is 0 Å². The summed E-state index contributed by atoms with van der Waals surface area (Å²) in [5.41, 5.74) is 12.4. The molecule has 6 rings (SSSR count). The van der Waals surface area contributed by atoms with Gasteiger partial charge in [0.2, 0.25) is 5.91 Å².